The third-order valence-electron chi connectivity index (χ3n) is 2.92. The molecule has 0 aliphatic heterocycles. The van der Waals surface area contributed by atoms with Gasteiger partial charge in [0.25, 0.3) is 0 Å². The molecule has 0 aromatic heterocycles. The lowest BCUT2D eigenvalue weighted by Crippen LogP contribution is -2.29. The van der Waals surface area contributed by atoms with Crippen molar-refractivity contribution in [1.29, 1.82) is 0 Å². The van der Waals surface area contributed by atoms with E-state index < -0.39 is 18.6 Å². The topological polar surface area (TPSA) is 38.0 Å². The van der Waals surface area contributed by atoms with Crippen molar-refractivity contribution in [3.8, 4) is 0 Å². The fraction of sp³-hybridized carbons (Fsp3) is 0.538. The van der Waals surface area contributed by atoms with Gasteiger partial charge < -0.3 is 0 Å². The maximum absolute atomic E-state index is 12.2. The van der Waals surface area contributed by atoms with Gasteiger partial charge in [-0.3, -0.25) is 11.3 Å². The molecule has 3 N–H and O–H groups in total. The summed E-state index contributed by atoms with van der Waals surface area (Å²) in [5.41, 5.74) is 4.38. The Morgan fingerprint density at radius 1 is 1.11 bits per heavy atom. The van der Waals surface area contributed by atoms with E-state index in [4.69, 9.17) is 5.84 Å². The van der Waals surface area contributed by atoms with E-state index in [9.17, 15) is 13.2 Å². The predicted octanol–water partition coefficient (Wildman–Crippen LogP) is 3.66. The predicted molar refractivity (Wildman–Crippen MR) is 65.9 cm³/mol. The molecule has 1 unspecified atom stereocenters. The van der Waals surface area contributed by atoms with Crippen LogP contribution in [0.2, 0.25) is 0 Å². The third kappa shape index (κ3) is 4.66. The van der Waals surface area contributed by atoms with Crippen LogP contribution in [0.25, 0.3) is 0 Å². The maximum atomic E-state index is 12.2. The maximum Gasteiger partial charge on any atom is 0.389 e. The first kappa shape index (κ1) is 15.0. The molecule has 0 spiro atoms. The second kappa shape index (κ2) is 6.20. The van der Waals surface area contributed by atoms with Gasteiger partial charge in [0, 0.05) is 12.5 Å². The Bertz CT molecular complexity index is 357. The minimum atomic E-state index is -4.15. The molecule has 0 saturated carbocycles. The van der Waals surface area contributed by atoms with Crippen molar-refractivity contribution < 1.29 is 13.2 Å². The summed E-state index contributed by atoms with van der Waals surface area (Å²) in [5.74, 6) is 5.72. The van der Waals surface area contributed by atoms with Crippen LogP contribution in [0, 0.1) is 0 Å². The summed E-state index contributed by atoms with van der Waals surface area (Å²) in [4.78, 5) is 0. The lowest BCUT2D eigenvalue weighted by atomic mass is 9.97. The SMILES string of the molecule is CC(C)c1ccc(C(CCC(F)(F)F)NN)cc1. The van der Waals surface area contributed by atoms with Crippen LogP contribution >= 0.6 is 0 Å². The Hall–Kier alpha value is -1.07. The van der Waals surface area contributed by atoms with Crippen molar-refractivity contribution >= 4 is 0 Å². The van der Waals surface area contributed by atoms with Gasteiger partial charge in [0.2, 0.25) is 0 Å². The van der Waals surface area contributed by atoms with E-state index in [0.29, 0.717) is 5.92 Å². The van der Waals surface area contributed by atoms with Crippen LogP contribution < -0.4 is 11.3 Å². The van der Waals surface area contributed by atoms with E-state index in [0.717, 1.165) is 11.1 Å². The molecule has 0 aliphatic carbocycles. The van der Waals surface area contributed by atoms with Crippen LogP contribution in [-0.4, -0.2) is 6.18 Å². The van der Waals surface area contributed by atoms with Crippen molar-refractivity contribution in [3.63, 3.8) is 0 Å². The zero-order valence-corrected chi connectivity index (χ0v) is 10.6. The van der Waals surface area contributed by atoms with E-state index >= 15 is 0 Å². The molecule has 1 rings (SSSR count). The molecule has 0 aliphatic rings. The molecule has 0 radical (unpaired) electrons. The molecule has 102 valence electrons. The fourth-order valence-corrected chi connectivity index (χ4v) is 1.77. The Kier molecular flexibility index (Phi) is 5.16. The summed E-state index contributed by atoms with van der Waals surface area (Å²) < 4.78 is 36.5. The smallest absolute Gasteiger partial charge is 0.271 e. The highest BCUT2D eigenvalue weighted by atomic mass is 19.4. The molecule has 5 heteroatoms. The Morgan fingerprint density at radius 3 is 2.00 bits per heavy atom. The fourth-order valence-electron chi connectivity index (χ4n) is 1.77. The molecular formula is C13H19F3N2. The summed E-state index contributed by atoms with van der Waals surface area (Å²) in [7, 11) is 0. The van der Waals surface area contributed by atoms with Crippen LogP contribution in [0.4, 0.5) is 13.2 Å². The summed E-state index contributed by atoms with van der Waals surface area (Å²) in [6.07, 6.45) is -5.04. The van der Waals surface area contributed by atoms with Crippen LogP contribution in [0.5, 0.6) is 0 Å². The van der Waals surface area contributed by atoms with Gasteiger partial charge in [-0.05, 0) is 23.5 Å². The minimum absolute atomic E-state index is 0.0545. The first-order chi connectivity index (χ1) is 8.33. The van der Waals surface area contributed by atoms with E-state index in [1.165, 1.54) is 0 Å². The van der Waals surface area contributed by atoms with Crippen LogP contribution in [0.1, 0.15) is 49.8 Å². The van der Waals surface area contributed by atoms with Gasteiger partial charge in [0.15, 0.2) is 0 Å². The molecule has 1 aromatic carbocycles. The Labute approximate surface area is 105 Å². The molecule has 18 heavy (non-hydrogen) atoms. The average molecular weight is 260 g/mol. The lowest BCUT2D eigenvalue weighted by Gasteiger charge is -2.18. The van der Waals surface area contributed by atoms with Gasteiger partial charge in [-0.25, -0.2) is 0 Å². The van der Waals surface area contributed by atoms with Crippen LogP contribution in [0.15, 0.2) is 24.3 Å². The lowest BCUT2D eigenvalue weighted by molar-refractivity contribution is -0.136. The first-order valence-electron chi connectivity index (χ1n) is 5.96. The number of alkyl halides is 3. The number of nitrogens with two attached hydrogens (primary N) is 1. The average Bonchev–Trinajstić information content (AvgIpc) is 2.29. The standard InChI is InChI=1S/C13H19F3N2/c1-9(2)10-3-5-11(6-4-10)12(18-17)7-8-13(14,15)16/h3-6,9,12,18H,7-8,17H2,1-2H3. The molecule has 1 aromatic rings. The first-order valence-corrected chi connectivity index (χ1v) is 5.96. The zero-order chi connectivity index (χ0) is 13.8. The van der Waals surface area contributed by atoms with E-state index in [1.807, 2.05) is 24.3 Å². The molecular weight excluding hydrogens is 241 g/mol. The number of hydrogen-bond acceptors (Lipinski definition) is 2. The largest absolute Gasteiger partial charge is 0.389 e. The van der Waals surface area contributed by atoms with Crippen molar-refractivity contribution in [1.82, 2.24) is 5.43 Å². The molecule has 0 fully saturated rings. The number of benzene rings is 1. The number of rotatable bonds is 5. The summed E-state index contributed by atoms with van der Waals surface area (Å²) >= 11 is 0. The Balaban J connectivity index is 2.70. The monoisotopic (exact) mass is 260 g/mol. The van der Waals surface area contributed by atoms with Gasteiger partial charge in [-0.2, -0.15) is 13.2 Å². The van der Waals surface area contributed by atoms with Gasteiger partial charge in [-0.1, -0.05) is 38.1 Å². The molecule has 0 bridgehead atoms. The summed E-state index contributed by atoms with van der Waals surface area (Å²) in [6, 6.07) is 7.05. The zero-order valence-electron chi connectivity index (χ0n) is 10.6. The third-order valence-corrected chi connectivity index (χ3v) is 2.92. The molecule has 1 atom stereocenters. The van der Waals surface area contributed by atoms with E-state index in [-0.39, 0.29) is 6.42 Å². The Morgan fingerprint density at radius 2 is 1.61 bits per heavy atom. The highest BCUT2D eigenvalue weighted by Gasteiger charge is 2.28. The van der Waals surface area contributed by atoms with E-state index in [2.05, 4.69) is 19.3 Å². The van der Waals surface area contributed by atoms with Crippen LogP contribution in [0.3, 0.4) is 0 Å². The number of halogens is 3. The number of hydrogen-bond donors (Lipinski definition) is 2. The molecule has 0 amide bonds. The van der Waals surface area contributed by atoms with Gasteiger partial charge in [0.05, 0.1) is 0 Å². The molecule has 2 nitrogen and oxygen atoms in total. The van der Waals surface area contributed by atoms with Crippen LogP contribution in [-0.2, 0) is 0 Å². The quantitative estimate of drug-likeness (QED) is 0.626. The van der Waals surface area contributed by atoms with Gasteiger partial charge in [0.1, 0.15) is 0 Å². The normalized spacial score (nSPS) is 13.9. The van der Waals surface area contributed by atoms with Crippen molar-refractivity contribution in [3.05, 3.63) is 35.4 Å². The second-order valence-corrected chi connectivity index (χ2v) is 4.69. The number of nitrogens with one attached hydrogen (secondary N) is 1. The molecule has 0 saturated heterocycles. The molecule has 0 heterocycles. The van der Waals surface area contributed by atoms with Crippen molar-refractivity contribution in [2.75, 3.05) is 0 Å². The second-order valence-electron chi connectivity index (χ2n) is 4.69. The van der Waals surface area contributed by atoms with Gasteiger partial charge >= 0.3 is 6.18 Å². The van der Waals surface area contributed by atoms with Crippen molar-refractivity contribution in [2.24, 2.45) is 5.84 Å². The minimum Gasteiger partial charge on any atom is -0.271 e. The van der Waals surface area contributed by atoms with Crippen molar-refractivity contribution in [2.45, 2.75) is 44.8 Å². The highest BCUT2D eigenvalue weighted by Crippen LogP contribution is 2.27. The van der Waals surface area contributed by atoms with Gasteiger partial charge in [-0.15, -0.1) is 0 Å². The highest BCUT2D eigenvalue weighted by molar-refractivity contribution is 5.26. The summed E-state index contributed by atoms with van der Waals surface area (Å²) in [6.45, 7) is 4.13. The van der Waals surface area contributed by atoms with E-state index in [1.54, 1.807) is 0 Å². The summed E-state index contributed by atoms with van der Waals surface area (Å²) in [5, 5.41) is 0. The number of hydrazine groups is 1.